The molecule has 152 valence electrons. The number of hydrogen-bond donors (Lipinski definition) is 1. The second-order valence-electron chi connectivity index (χ2n) is 6.10. The lowest BCUT2D eigenvalue weighted by Gasteiger charge is -2.18. The molecule has 8 heteroatoms. The smallest absolute Gasteiger partial charge is 0.416 e. The predicted molar refractivity (Wildman–Crippen MR) is 98.9 cm³/mol. The van der Waals surface area contributed by atoms with Crippen molar-refractivity contribution in [3.63, 3.8) is 0 Å². The number of alkyl halides is 3. The molecule has 0 spiro atoms. The molecule has 2 aromatic carbocycles. The Hall–Kier alpha value is -2.90. The highest BCUT2D eigenvalue weighted by Crippen LogP contribution is 2.31. The molecule has 0 radical (unpaired) electrons. The summed E-state index contributed by atoms with van der Waals surface area (Å²) in [6.45, 7) is 3.57. The SMILES string of the molecule is CCC(COc1cccc(C(F)(F)F)c1)OC(=O)Nc1cc(C)ccc1OC. The summed E-state index contributed by atoms with van der Waals surface area (Å²) < 4.78 is 54.2. The van der Waals surface area contributed by atoms with Crippen molar-refractivity contribution in [2.24, 2.45) is 0 Å². The van der Waals surface area contributed by atoms with Crippen LogP contribution in [0.1, 0.15) is 24.5 Å². The number of ether oxygens (including phenoxy) is 3. The highest BCUT2D eigenvalue weighted by atomic mass is 19.4. The van der Waals surface area contributed by atoms with Gasteiger partial charge in [0, 0.05) is 0 Å². The summed E-state index contributed by atoms with van der Waals surface area (Å²) in [6.07, 6.45) is -5.36. The van der Waals surface area contributed by atoms with Gasteiger partial charge in [-0.05, 0) is 49.2 Å². The molecule has 0 aliphatic carbocycles. The second kappa shape index (κ2) is 9.34. The third-order valence-corrected chi connectivity index (χ3v) is 3.92. The molecule has 2 rings (SSSR count). The van der Waals surface area contributed by atoms with E-state index in [1.165, 1.54) is 19.2 Å². The monoisotopic (exact) mass is 397 g/mol. The minimum atomic E-state index is -4.45. The van der Waals surface area contributed by atoms with Gasteiger partial charge in [-0.2, -0.15) is 13.2 Å². The summed E-state index contributed by atoms with van der Waals surface area (Å²) in [7, 11) is 1.49. The van der Waals surface area contributed by atoms with Crippen LogP contribution in [0, 0.1) is 6.92 Å². The van der Waals surface area contributed by atoms with Gasteiger partial charge in [0.25, 0.3) is 0 Å². The molecule has 0 saturated heterocycles. The Labute approximate surface area is 161 Å². The Morgan fingerprint density at radius 2 is 1.93 bits per heavy atom. The first-order valence-corrected chi connectivity index (χ1v) is 8.65. The van der Waals surface area contributed by atoms with E-state index in [0.717, 1.165) is 17.7 Å². The van der Waals surface area contributed by atoms with E-state index in [0.29, 0.717) is 17.9 Å². The van der Waals surface area contributed by atoms with Crippen LogP contribution < -0.4 is 14.8 Å². The zero-order chi connectivity index (χ0) is 20.7. The summed E-state index contributed by atoms with van der Waals surface area (Å²) >= 11 is 0. The molecule has 1 unspecified atom stereocenters. The van der Waals surface area contributed by atoms with Crippen LogP contribution in [-0.2, 0) is 10.9 Å². The average Bonchev–Trinajstić information content (AvgIpc) is 2.65. The van der Waals surface area contributed by atoms with Crippen LogP contribution in [0.4, 0.5) is 23.7 Å². The standard InChI is InChI=1S/C20H22F3NO4/c1-4-15(12-27-16-7-5-6-14(11-16)20(21,22)23)28-19(25)24-17-10-13(2)8-9-18(17)26-3/h5-11,15H,4,12H2,1-3H3,(H,24,25). The maximum atomic E-state index is 12.8. The van der Waals surface area contributed by atoms with E-state index in [9.17, 15) is 18.0 Å². The average molecular weight is 397 g/mol. The summed E-state index contributed by atoms with van der Waals surface area (Å²) in [4.78, 5) is 12.2. The Morgan fingerprint density at radius 1 is 1.18 bits per heavy atom. The van der Waals surface area contributed by atoms with Gasteiger partial charge in [0.05, 0.1) is 18.4 Å². The summed E-state index contributed by atoms with van der Waals surface area (Å²) in [5.41, 5.74) is 0.584. The number of hydrogen-bond acceptors (Lipinski definition) is 4. The van der Waals surface area contributed by atoms with Gasteiger partial charge in [0.2, 0.25) is 0 Å². The largest absolute Gasteiger partial charge is 0.495 e. The van der Waals surface area contributed by atoms with Gasteiger partial charge in [-0.25, -0.2) is 4.79 Å². The molecule has 0 bridgehead atoms. The minimum Gasteiger partial charge on any atom is -0.495 e. The third-order valence-electron chi connectivity index (χ3n) is 3.92. The van der Waals surface area contributed by atoms with E-state index in [1.54, 1.807) is 19.1 Å². The number of aryl methyl sites for hydroxylation is 1. The lowest BCUT2D eigenvalue weighted by Crippen LogP contribution is -2.27. The van der Waals surface area contributed by atoms with Gasteiger partial charge in [-0.3, -0.25) is 5.32 Å². The summed E-state index contributed by atoms with van der Waals surface area (Å²) in [5, 5.41) is 2.60. The first kappa shape index (κ1) is 21.4. The molecule has 0 heterocycles. The lowest BCUT2D eigenvalue weighted by molar-refractivity contribution is -0.137. The lowest BCUT2D eigenvalue weighted by atomic mass is 10.2. The Bertz CT molecular complexity index is 808. The maximum absolute atomic E-state index is 12.8. The normalized spacial score (nSPS) is 12.2. The topological polar surface area (TPSA) is 56.8 Å². The van der Waals surface area contributed by atoms with Crippen molar-refractivity contribution in [3.8, 4) is 11.5 Å². The van der Waals surface area contributed by atoms with E-state index in [-0.39, 0.29) is 12.4 Å². The van der Waals surface area contributed by atoms with Gasteiger partial charge >= 0.3 is 12.3 Å². The number of amides is 1. The molecule has 0 saturated carbocycles. The van der Waals surface area contributed by atoms with Crippen molar-refractivity contribution in [1.82, 2.24) is 0 Å². The van der Waals surface area contributed by atoms with Crippen LogP contribution in [0.5, 0.6) is 11.5 Å². The molecule has 5 nitrogen and oxygen atoms in total. The van der Waals surface area contributed by atoms with Gasteiger partial charge < -0.3 is 14.2 Å². The fourth-order valence-electron chi connectivity index (χ4n) is 2.40. The zero-order valence-corrected chi connectivity index (χ0v) is 15.8. The summed E-state index contributed by atoms with van der Waals surface area (Å²) in [5.74, 6) is 0.536. The highest BCUT2D eigenvalue weighted by Gasteiger charge is 2.30. The summed E-state index contributed by atoms with van der Waals surface area (Å²) in [6, 6.07) is 9.84. The van der Waals surface area contributed by atoms with E-state index in [2.05, 4.69) is 5.32 Å². The number of halogens is 3. The fourth-order valence-corrected chi connectivity index (χ4v) is 2.40. The van der Waals surface area contributed by atoms with Gasteiger partial charge in [0.15, 0.2) is 0 Å². The first-order valence-electron chi connectivity index (χ1n) is 8.65. The molecule has 0 fully saturated rings. The number of benzene rings is 2. The minimum absolute atomic E-state index is 0.0534. The van der Waals surface area contributed by atoms with Crippen molar-refractivity contribution in [2.75, 3.05) is 19.0 Å². The molecule has 1 amide bonds. The maximum Gasteiger partial charge on any atom is 0.416 e. The van der Waals surface area contributed by atoms with Crippen molar-refractivity contribution in [3.05, 3.63) is 53.6 Å². The van der Waals surface area contributed by atoms with Crippen LogP contribution in [-0.4, -0.2) is 25.9 Å². The molecule has 0 aliphatic heterocycles. The predicted octanol–water partition coefficient (Wildman–Crippen LogP) is 5.43. The van der Waals surface area contributed by atoms with Crippen LogP contribution in [0.25, 0.3) is 0 Å². The van der Waals surface area contributed by atoms with Crippen molar-refractivity contribution < 1.29 is 32.2 Å². The van der Waals surface area contributed by atoms with E-state index in [1.807, 2.05) is 13.0 Å². The van der Waals surface area contributed by atoms with Crippen molar-refractivity contribution in [1.29, 1.82) is 0 Å². The molecular weight excluding hydrogens is 375 g/mol. The number of anilines is 1. The molecule has 28 heavy (non-hydrogen) atoms. The second-order valence-corrected chi connectivity index (χ2v) is 6.10. The Morgan fingerprint density at radius 3 is 2.57 bits per heavy atom. The molecule has 2 aromatic rings. The Kier molecular flexibility index (Phi) is 7.14. The van der Waals surface area contributed by atoms with E-state index >= 15 is 0 Å². The van der Waals surface area contributed by atoms with Crippen LogP contribution in [0.15, 0.2) is 42.5 Å². The third kappa shape index (κ3) is 6.07. The van der Waals surface area contributed by atoms with Gasteiger partial charge in [-0.1, -0.05) is 19.1 Å². The quantitative estimate of drug-likeness (QED) is 0.677. The Balaban J connectivity index is 1.95. The van der Waals surface area contributed by atoms with Gasteiger partial charge in [-0.15, -0.1) is 0 Å². The highest BCUT2D eigenvalue weighted by molar-refractivity contribution is 5.87. The van der Waals surface area contributed by atoms with Crippen molar-refractivity contribution in [2.45, 2.75) is 32.5 Å². The number of carbonyl (C=O) groups is 1. The fraction of sp³-hybridized carbons (Fsp3) is 0.350. The molecule has 1 N–H and O–H groups in total. The number of nitrogens with one attached hydrogen (secondary N) is 1. The molecular formula is C20H22F3NO4. The van der Waals surface area contributed by atoms with E-state index in [4.69, 9.17) is 14.2 Å². The number of carbonyl (C=O) groups excluding carboxylic acids is 1. The van der Waals surface area contributed by atoms with Crippen LogP contribution in [0.2, 0.25) is 0 Å². The van der Waals surface area contributed by atoms with Crippen LogP contribution in [0.3, 0.4) is 0 Å². The molecule has 0 aliphatic rings. The molecule has 1 atom stereocenters. The zero-order valence-electron chi connectivity index (χ0n) is 15.8. The number of rotatable bonds is 7. The first-order chi connectivity index (χ1) is 13.2. The number of methoxy groups -OCH3 is 1. The van der Waals surface area contributed by atoms with Gasteiger partial charge in [0.1, 0.15) is 24.2 Å². The van der Waals surface area contributed by atoms with Crippen molar-refractivity contribution >= 4 is 11.8 Å². The van der Waals surface area contributed by atoms with E-state index < -0.39 is 23.9 Å². The van der Waals surface area contributed by atoms with Crippen LogP contribution >= 0.6 is 0 Å². The molecule has 0 aromatic heterocycles.